The monoisotopic (exact) mass is 302 g/mol. The highest BCUT2D eigenvalue weighted by molar-refractivity contribution is 7.19. The number of pyridine rings is 1. The van der Waals surface area contributed by atoms with Crippen LogP contribution in [0.2, 0.25) is 14.4 Å². The van der Waals surface area contributed by atoms with E-state index < -0.39 is 0 Å². The van der Waals surface area contributed by atoms with Crippen LogP contribution in [0.5, 0.6) is 0 Å². The SMILES string of the molecule is Clc1cc(Cl)c2nc(-c3ccc(Cl)s3)cn2c1. The summed E-state index contributed by atoms with van der Waals surface area (Å²) in [6.07, 6.45) is 3.66. The zero-order chi connectivity index (χ0) is 12.0. The maximum Gasteiger partial charge on any atom is 0.156 e. The number of fused-ring (bicyclic) bond motifs is 1. The van der Waals surface area contributed by atoms with Crippen molar-refractivity contribution in [1.82, 2.24) is 9.38 Å². The lowest BCUT2D eigenvalue weighted by molar-refractivity contribution is 1.19. The highest BCUT2D eigenvalue weighted by Gasteiger charge is 2.09. The highest BCUT2D eigenvalue weighted by atomic mass is 35.5. The van der Waals surface area contributed by atoms with Crippen LogP contribution in [0.4, 0.5) is 0 Å². The van der Waals surface area contributed by atoms with Crippen molar-refractivity contribution in [2.45, 2.75) is 0 Å². The number of imidazole rings is 1. The van der Waals surface area contributed by atoms with Crippen molar-refractivity contribution in [3.63, 3.8) is 0 Å². The van der Waals surface area contributed by atoms with E-state index in [9.17, 15) is 0 Å². The lowest BCUT2D eigenvalue weighted by Crippen LogP contribution is -1.82. The molecule has 3 heterocycles. The van der Waals surface area contributed by atoms with E-state index >= 15 is 0 Å². The lowest BCUT2D eigenvalue weighted by Gasteiger charge is -1.95. The number of halogens is 3. The zero-order valence-corrected chi connectivity index (χ0v) is 11.4. The molecule has 0 atom stereocenters. The van der Waals surface area contributed by atoms with Crippen molar-refractivity contribution in [1.29, 1.82) is 0 Å². The molecule has 0 radical (unpaired) electrons. The van der Waals surface area contributed by atoms with Gasteiger partial charge in [0.25, 0.3) is 0 Å². The molecule has 0 aliphatic carbocycles. The van der Waals surface area contributed by atoms with E-state index in [-0.39, 0.29) is 0 Å². The van der Waals surface area contributed by atoms with Crippen LogP contribution in [-0.2, 0) is 0 Å². The fourth-order valence-corrected chi connectivity index (χ4v) is 3.12. The van der Waals surface area contributed by atoms with Crippen LogP contribution in [0.15, 0.2) is 30.6 Å². The average molecular weight is 304 g/mol. The van der Waals surface area contributed by atoms with Crippen LogP contribution in [0.25, 0.3) is 16.2 Å². The molecule has 0 amide bonds. The Labute approximate surface area is 116 Å². The van der Waals surface area contributed by atoms with E-state index in [1.54, 1.807) is 12.3 Å². The predicted octanol–water partition coefficient (Wildman–Crippen LogP) is 5.02. The number of hydrogen-bond donors (Lipinski definition) is 0. The molecule has 2 nitrogen and oxygen atoms in total. The minimum Gasteiger partial charge on any atom is -0.304 e. The van der Waals surface area contributed by atoms with Gasteiger partial charge in [-0.3, -0.25) is 0 Å². The van der Waals surface area contributed by atoms with Gasteiger partial charge >= 0.3 is 0 Å². The number of aromatic nitrogens is 2. The summed E-state index contributed by atoms with van der Waals surface area (Å²) in [6, 6.07) is 5.46. The van der Waals surface area contributed by atoms with Crippen molar-refractivity contribution in [3.05, 3.63) is 45.0 Å². The van der Waals surface area contributed by atoms with E-state index in [1.807, 2.05) is 22.7 Å². The second-order valence-corrected chi connectivity index (χ2v) is 6.03. The maximum absolute atomic E-state index is 6.08. The lowest BCUT2D eigenvalue weighted by atomic mass is 10.4. The fourth-order valence-electron chi connectivity index (χ4n) is 1.60. The molecule has 0 unspecified atom stereocenters. The van der Waals surface area contributed by atoms with Crippen LogP contribution in [-0.4, -0.2) is 9.38 Å². The van der Waals surface area contributed by atoms with Crippen LogP contribution < -0.4 is 0 Å². The maximum atomic E-state index is 6.08. The van der Waals surface area contributed by atoms with Gasteiger partial charge in [0.2, 0.25) is 0 Å². The molecule has 86 valence electrons. The summed E-state index contributed by atoms with van der Waals surface area (Å²) in [6.45, 7) is 0. The number of thiophene rings is 1. The molecular weight excluding hydrogens is 299 g/mol. The second-order valence-electron chi connectivity index (χ2n) is 3.47. The van der Waals surface area contributed by atoms with E-state index in [2.05, 4.69) is 4.98 Å². The predicted molar refractivity (Wildman–Crippen MR) is 73.5 cm³/mol. The van der Waals surface area contributed by atoms with E-state index in [0.717, 1.165) is 14.9 Å². The van der Waals surface area contributed by atoms with E-state index in [4.69, 9.17) is 34.8 Å². The van der Waals surface area contributed by atoms with Crippen LogP contribution in [0.3, 0.4) is 0 Å². The first-order valence-electron chi connectivity index (χ1n) is 4.73. The third kappa shape index (κ3) is 2.04. The molecule has 0 saturated carbocycles. The van der Waals surface area contributed by atoms with Gasteiger partial charge in [-0.15, -0.1) is 11.3 Å². The van der Waals surface area contributed by atoms with Crippen LogP contribution >= 0.6 is 46.1 Å². The van der Waals surface area contributed by atoms with Gasteiger partial charge in [-0.05, 0) is 18.2 Å². The first-order valence-corrected chi connectivity index (χ1v) is 6.68. The Bertz CT molecular complexity index is 702. The van der Waals surface area contributed by atoms with Gasteiger partial charge < -0.3 is 4.40 Å². The van der Waals surface area contributed by atoms with Crippen molar-refractivity contribution in [2.75, 3.05) is 0 Å². The normalized spacial score (nSPS) is 11.2. The molecule has 0 aliphatic heterocycles. The van der Waals surface area contributed by atoms with E-state index in [0.29, 0.717) is 15.7 Å². The van der Waals surface area contributed by atoms with Crippen molar-refractivity contribution >= 4 is 51.8 Å². The van der Waals surface area contributed by atoms with E-state index in [1.165, 1.54) is 11.3 Å². The molecule has 0 spiro atoms. The molecule has 0 saturated heterocycles. The first-order chi connectivity index (χ1) is 8.13. The summed E-state index contributed by atoms with van der Waals surface area (Å²) in [5.41, 5.74) is 1.53. The zero-order valence-electron chi connectivity index (χ0n) is 8.32. The molecule has 6 heteroatoms. The standard InChI is InChI=1S/C11H5Cl3N2S/c12-6-3-7(13)11-15-8(5-16(11)4-6)9-1-2-10(14)17-9/h1-5H. The number of nitrogens with zero attached hydrogens (tertiary/aromatic N) is 2. The van der Waals surface area contributed by atoms with Gasteiger partial charge in [0.1, 0.15) is 0 Å². The Morgan fingerprint density at radius 2 is 1.94 bits per heavy atom. The van der Waals surface area contributed by atoms with Gasteiger partial charge in [-0.2, -0.15) is 0 Å². The Balaban J connectivity index is 2.23. The van der Waals surface area contributed by atoms with Crippen LogP contribution in [0.1, 0.15) is 0 Å². The molecule has 3 rings (SSSR count). The Morgan fingerprint density at radius 3 is 2.65 bits per heavy atom. The Kier molecular flexibility index (Phi) is 2.79. The number of rotatable bonds is 1. The largest absolute Gasteiger partial charge is 0.304 e. The molecule has 0 fully saturated rings. The summed E-state index contributed by atoms with van der Waals surface area (Å²) in [5.74, 6) is 0. The molecule has 3 aromatic rings. The summed E-state index contributed by atoms with van der Waals surface area (Å²) < 4.78 is 2.55. The Morgan fingerprint density at radius 1 is 1.12 bits per heavy atom. The topological polar surface area (TPSA) is 17.3 Å². The summed E-state index contributed by atoms with van der Waals surface area (Å²) >= 11 is 19.4. The third-order valence-corrected chi connectivity index (χ3v) is 4.04. The quantitative estimate of drug-likeness (QED) is 0.617. The molecule has 0 aromatic carbocycles. The van der Waals surface area contributed by atoms with Gasteiger partial charge in [0, 0.05) is 12.4 Å². The molecular formula is C11H5Cl3N2S. The smallest absolute Gasteiger partial charge is 0.156 e. The fraction of sp³-hybridized carbons (Fsp3) is 0. The summed E-state index contributed by atoms with van der Waals surface area (Å²) in [4.78, 5) is 5.47. The number of hydrogen-bond acceptors (Lipinski definition) is 2. The van der Waals surface area contributed by atoms with Crippen molar-refractivity contribution < 1.29 is 0 Å². The van der Waals surface area contributed by atoms with Crippen molar-refractivity contribution in [3.8, 4) is 10.6 Å². The minimum atomic E-state index is 0.534. The molecule has 3 aromatic heterocycles. The van der Waals surface area contributed by atoms with Gasteiger partial charge in [0.15, 0.2) is 5.65 Å². The highest BCUT2D eigenvalue weighted by Crippen LogP contribution is 2.32. The minimum absolute atomic E-state index is 0.534. The van der Waals surface area contributed by atoms with Gasteiger partial charge in [-0.25, -0.2) is 4.98 Å². The average Bonchev–Trinajstić information content (AvgIpc) is 2.83. The van der Waals surface area contributed by atoms with Gasteiger partial charge in [-0.1, -0.05) is 34.8 Å². The van der Waals surface area contributed by atoms with Gasteiger partial charge in [0.05, 0.1) is 25.0 Å². The second kappa shape index (κ2) is 4.18. The Hall–Kier alpha value is -0.740. The molecule has 0 N–H and O–H groups in total. The summed E-state index contributed by atoms with van der Waals surface area (Å²) in [5, 5.41) is 1.11. The first kappa shape index (κ1) is 11.4. The summed E-state index contributed by atoms with van der Waals surface area (Å²) in [7, 11) is 0. The molecule has 0 bridgehead atoms. The van der Waals surface area contributed by atoms with Crippen LogP contribution in [0, 0.1) is 0 Å². The molecule has 17 heavy (non-hydrogen) atoms. The molecule has 0 aliphatic rings. The van der Waals surface area contributed by atoms with Crippen molar-refractivity contribution in [2.24, 2.45) is 0 Å². The third-order valence-electron chi connectivity index (χ3n) is 2.30.